The first kappa shape index (κ1) is 18.1. The maximum Gasteiger partial charge on any atom is 0.239 e. The molecule has 0 bridgehead atoms. The molecule has 24 heavy (non-hydrogen) atoms. The molecule has 2 aliphatic heterocycles. The van der Waals surface area contributed by atoms with Crippen molar-refractivity contribution in [2.75, 3.05) is 26.4 Å². The van der Waals surface area contributed by atoms with Crippen molar-refractivity contribution in [3.05, 3.63) is 28.8 Å². The number of primary sulfonamides is 1. The molecule has 0 aliphatic carbocycles. The van der Waals surface area contributed by atoms with Gasteiger partial charge in [0.05, 0.1) is 30.9 Å². The summed E-state index contributed by atoms with van der Waals surface area (Å²) in [7, 11) is -3.83. The molecule has 1 aromatic carbocycles. The molecule has 0 unspecified atom stereocenters. The highest BCUT2D eigenvalue weighted by Crippen LogP contribution is 2.33. The number of rotatable bonds is 5. The third-order valence-corrected chi connectivity index (χ3v) is 5.56. The lowest BCUT2D eigenvalue weighted by Crippen LogP contribution is -2.39. The predicted molar refractivity (Wildman–Crippen MR) is 88.1 cm³/mol. The Kier molecular flexibility index (Phi) is 5.45. The van der Waals surface area contributed by atoms with Gasteiger partial charge in [0.2, 0.25) is 10.0 Å². The third-order valence-electron chi connectivity index (χ3n) is 4.17. The van der Waals surface area contributed by atoms with E-state index in [1.807, 2.05) is 0 Å². The summed E-state index contributed by atoms with van der Waals surface area (Å²) in [6.07, 6.45) is 1.46. The predicted octanol–water partition coefficient (Wildman–Crippen LogP) is 0.999. The Labute approximate surface area is 146 Å². The van der Waals surface area contributed by atoms with Crippen molar-refractivity contribution in [1.82, 2.24) is 5.32 Å². The lowest BCUT2D eigenvalue weighted by molar-refractivity contribution is -0.210. The van der Waals surface area contributed by atoms with E-state index in [0.29, 0.717) is 32.9 Å². The number of sulfonamides is 1. The molecule has 7 nitrogen and oxygen atoms in total. The van der Waals surface area contributed by atoms with Gasteiger partial charge < -0.3 is 19.5 Å². The molecule has 2 fully saturated rings. The van der Waals surface area contributed by atoms with E-state index >= 15 is 0 Å². The fraction of sp³-hybridized carbons (Fsp3) is 0.600. The Morgan fingerprint density at radius 2 is 2.08 bits per heavy atom. The monoisotopic (exact) mass is 376 g/mol. The number of nitrogens with one attached hydrogen (secondary N) is 1. The van der Waals surface area contributed by atoms with Gasteiger partial charge in [-0.2, -0.15) is 0 Å². The van der Waals surface area contributed by atoms with Crippen molar-refractivity contribution in [3.63, 3.8) is 0 Å². The van der Waals surface area contributed by atoms with Crippen LogP contribution >= 0.6 is 11.6 Å². The first-order valence-corrected chi connectivity index (χ1v) is 9.72. The van der Waals surface area contributed by atoms with E-state index in [1.54, 1.807) is 6.07 Å². The molecule has 3 N–H and O–H groups in total. The normalized spacial score (nSPS) is 23.7. The molecule has 134 valence electrons. The number of nitrogens with two attached hydrogens (primary N) is 1. The molecule has 1 spiro atoms. The van der Waals surface area contributed by atoms with Gasteiger partial charge in [-0.3, -0.25) is 0 Å². The molecule has 0 saturated carbocycles. The van der Waals surface area contributed by atoms with Crippen molar-refractivity contribution in [1.29, 1.82) is 0 Å². The number of halogens is 1. The first-order chi connectivity index (χ1) is 11.4. The Morgan fingerprint density at radius 3 is 2.79 bits per heavy atom. The summed E-state index contributed by atoms with van der Waals surface area (Å²) in [4.78, 5) is -0.0647. The molecule has 1 atom stereocenters. The first-order valence-electron chi connectivity index (χ1n) is 7.79. The maximum absolute atomic E-state index is 11.5. The van der Waals surface area contributed by atoms with Crippen LogP contribution in [-0.4, -0.2) is 46.7 Å². The lowest BCUT2D eigenvalue weighted by Gasteiger charge is -2.31. The second-order valence-electron chi connectivity index (χ2n) is 6.01. The van der Waals surface area contributed by atoms with Gasteiger partial charge >= 0.3 is 0 Å². The van der Waals surface area contributed by atoms with Gasteiger partial charge in [-0.05, 0) is 17.7 Å². The van der Waals surface area contributed by atoms with E-state index in [4.69, 9.17) is 31.0 Å². The van der Waals surface area contributed by atoms with E-state index in [9.17, 15) is 8.42 Å². The fourth-order valence-corrected chi connectivity index (χ4v) is 4.01. The largest absolute Gasteiger partial charge is 0.381 e. The molecule has 2 saturated heterocycles. The van der Waals surface area contributed by atoms with Crippen molar-refractivity contribution in [2.45, 2.75) is 36.2 Å². The minimum absolute atomic E-state index is 0.0342. The molecule has 1 aromatic rings. The van der Waals surface area contributed by atoms with E-state index in [0.717, 1.165) is 18.4 Å². The molecule has 3 rings (SSSR count). The Hall–Kier alpha value is -0.740. The fourth-order valence-electron chi connectivity index (χ4n) is 2.92. The Bertz CT molecular complexity index is 691. The molecule has 0 radical (unpaired) electrons. The van der Waals surface area contributed by atoms with Crippen LogP contribution in [0.15, 0.2) is 23.1 Å². The Balaban J connectivity index is 1.52. The van der Waals surface area contributed by atoms with Crippen LogP contribution in [0.1, 0.15) is 18.4 Å². The summed E-state index contributed by atoms with van der Waals surface area (Å²) >= 11 is 5.87. The molecule has 2 heterocycles. The maximum atomic E-state index is 11.5. The standard InChI is InChI=1S/C15H21ClN2O5S/c16-13-2-1-11(7-14(13)24(17,19)20)8-18-9-12-10-22-15(23-12)3-5-21-6-4-15/h1-2,7,12,18H,3-6,8-10H2,(H2,17,19,20)/t12-/m0/s1. The smallest absolute Gasteiger partial charge is 0.239 e. The molecule has 2 aliphatic rings. The van der Waals surface area contributed by atoms with Crippen LogP contribution in [0.2, 0.25) is 5.02 Å². The van der Waals surface area contributed by atoms with Crippen LogP contribution in [-0.2, 0) is 30.8 Å². The van der Waals surface area contributed by atoms with Gasteiger partial charge in [0.1, 0.15) is 4.90 Å². The molecule has 0 aromatic heterocycles. The minimum Gasteiger partial charge on any atom is -0.381 e. The van der Waals surface area contributed by atoms with E-state index < -0.39 is 15.8 Å². The molecule has 0 amide bonds. The van der Waals surface area contributed by atoms with E-state index in [1.165, 1.54) is 12.1 Å². The highest BCUT2D eigenvalue weighted by atomic mass is 35.5. The third kappa shape index (κ3) is 4.26. The quantitative estimate of drug-likeness (QED) is 0.795. The van der Waals surface area contributed by atoms with Crippen LogP contribution in [0.25, 0.3) is 0 Å². The van der Waals surface area contributed by atoms with Gasteiger partial charge in [-0.15, -0.1) is 0 Å². The summed E-state index contributed by atoms with van der Waals surface area (Å²) < 4.78 is 40.2. The van der Waals surface area contributed by atoms with E-state index in [-0.39, 0.29) is 16.0 Å². The van der Waals surface area contributed by atoms with Crippen molar-refractivity contribution in [3.8, 4) is 0 Å². The second-order valence-corrected chi connectivity index (χ2v) is 7.95. The molecular weight excluding hydrogens is 356 g/mol. The zero-order chi connectivity index (χ0) is 17.2. The zero-order valence-electron chi connectivity index (χ0n) is 13.2. The summed E-state index contributed by atoms with van der Waals surface area (Å²) in [5.74, 6) is -0.494. The summed E-state index contributed by atoms with van der Waals surface area (Å²) in [5, 5.41) is 8.52. The van der Waals surface area contributed by atoms with Gasteiger partial charge in [0.15, 0.2) is 5.79 Å². The second kappa shape index (κ2) is 7.25. The average Bonchev–Trinajstić information content (AvgIpc) is 2.91. The summed E-state index contributed by atoms with van der Waals surface area (Å²) in [6.45, 7) is 2.93. The van der Waals surface area contributed by atoms with Gasteiger partial charge in [0.25, 0.3) is 0 Å². The summed E-state index contributed by atoms with van der Waals surface area (Å²) in [6, 6.07) is 4.77. The van der Waals surface area contributed by atoms with Gasteiger partial charge in [0, 0.05) is 25.9 Å². The van der Waals surface area contributed by atoms with Crippen molar-refractivity contribution < 1.29 is 22.6 Å². The number of hydrogen-bond acceptors (Lipinski definition) is 6. The SMILES string of the molecule is NS(=O)(=O)c1cc(CNC[C@H]2COC3(CCOCC3)O2)ccc1Cl. The van der Waals surface area contributed by atoms with Crippen LogP contribution in [0, 0.1) is 0 Å². The minimum atomic E-state index is -3.83. The van der Waals surface area contributed by atoms with Crippen molar-refractivity contribution in [2.24, 2.45) is 5.14 Å². The number of hydrogen-bond donors (Lipinski definition) is 2. The lowest BCUT2D eigenvalue weighted by atomic mass is 10.1. The highest BCUT2D eigenvalue weighted by Gasteiger charge is 2.42. The topological polar surface area (TPSA) is 99.9 Å². The Morgan fingerprint density at radius 1 is 1.33 bits per heavy atom. The molecule has 9 heteroatoms. The average molecular weight is 377 g/mol. The van der Waals surface area contributed by atoms with Crippen molar-refractivity contribution >= 4 is 21.6 Å². The number of ether oxygens (including phenoxy) is 3. The van der Waals surface area contributed by atoms with Gasteiger partial charge in [-0.25, -0.2) is 13.6 Å². The number of benzene rings is 1. The highest BCUT2D eigenvalue weighted by molar-refractivity contribution is 7.89. The van der Waals surface area contributed by atoms with Crippen LogP contribution in [0.3, 0.4) is 0 Å². The van der Waals surface area contributed by atoms with E-state index in [2.05, 4.69) is 5.32 Å². The van der Waals surface area contributed by atoms with Crippen LogP contribution in [0.4, 0.5) is 0 Å². The van der Waals surface area contributed by atoms with Crippen LogP contribution < -0.4 is 10.5 Å². The molecular formula is C15H21ClN2O5S. The zero-order valence-corrected chi connectivity index (χ0v) is 14.7. The van der Waals surface area contributed by atoms with Gasteiger partial charge in [-0.1, -0.05) is 17.7 Å². The van der Waals surface area contributed by atoms with Crippen LogP contribution in [0.5, 0.6) is 0 Å². The summed E-state index contributed by atoms with van der Waals surface area (Å²) in [5.41, 5.74) is 0.781.